The highest BCUT2D eigenvalue weighted by atomic mass is 16.7. The highest BCUT2D eigenvalue weighted by Gasteiger charge is 2.71. The van der Waals surface area contributed by atoms with Crippen LogP contribution < -0.4 is 14.2 Å². The molecule has 1 aromatic rings. The molecule has 5 aliphatic rings. The van der Waals surface area contributed by atoms with E-state index in [-0.39, 0.29) is 30.5 Å². The molecule has 6 rings (SSSR count). The van der Waals surface area contributed by atoms with Gasteiger partial charge in [-0.05, 0) is 31.0 Å². The van der Waals surface area contributed by atoms with E-state index in [4.69, 9.17) is 23.7 Å². The Morgan fingerprint density at radius 2 is 2.21 bits per heavy atom. The third-order valence-electron chi connectivity index (χ3n) is 6.75. The molecule has 24 heavy (non-hydrogen) atoms. The number of hydrogen-bond acceptors (Lipinski definition) is 6. The predicted octanol–water partition coefficient (Wildman–Crippen LogP) is 1.44. The Labute approximate surface area is 140 Å². The Morgan fingerprint density at radius 1 is 1.29 bits per heavy atom. The quantitative estimate of drug-likeness (QED) is 0.765. The summed E-state index contributed by atoms with van der Waals surface area (Å²) in [6.45, 7) is 2.30. The molecule has 6 atom stereocenters. The van der Waals surface area contributed by atoms with Crippen molar-refractivity contribution in [1.82, 2.24) is 4.90 Å². The molecule has 0 radical (unpaired) electrons. The number of nitrogens with zero attached hydrogens (tertiary/aromatic N) is 1. The van der Waals surface area contributed by atoms with Gasteiger partial charge >= 0.3 is 0 Å². The van der Waals surface area contributed by atoms with Crippen molar-refractivity contribution in [2.24, 2.45) is 0 Å². The lowest BCUT2D eigenvalue weighted by Gasteiger charge is -2.47. The Bertz CT molecular complexity index is 737. The molecule has 128 valence electrons. The molecule has 4 heterocycles. The molecule has 6 nitrogen and oxygen atoms in total. The van der Waals surface area contributed by atoms with Crippen LogP contribution in [-0.2, 0) is 21.4 Å². The van der Waals surface area contributed by atoms with E-state index < -0.39 is 0 Å². The van der Waals surface area contributed by atoms with Gasteiger partial charge in [0.05, 0.1) is 19.3 Å². The topological polar surface area (TPSA) is 52.7 Å². The average Bonchev–Trinajstić information content (AvgIpc) is 3.20. The van der Waals surface area contributed by atoms with Gasteiger partial charge in [0, 0.05) is 30.7 Å². The Hall–Kier alpha value is -1.50. The molecular formula is C18H21NO5. The number of methoxy groups -OCH3 is 2. The lowest BCUT2D eigenvalue weighted by Crippen LogP contribution is -2.56. The van der Waals surface area contributed by atoms with Crippen molar-refractivity contribution in [2.75, 3.05) is 27.6 Å². The van der Waals surface area contributed by atoms with Gasteiger partial charge in [-0.2, -0.15) is 0 Å². The minimum Gasteiger partial charge on any atom is -0.492 e. The van der Waals surface area contributed by atoms with Crippen LogP contribution in [0.2, 0.25) is 0 Å². The third kappa shape index (κ3) is 1.40. The summed E-state index contributed by atoms with van der Waals surface area (Å²) in [6, 6.07) is 2.60. The van der Waals surface area contributed by atoms with Gasteiger partial charge in [-0.15, -0.1) is 0 Å². The van der Waals surface area contributed by atoms with E-state index in [9.17, 15) is 0 Å². The maximum atomic E-state index is 6.17. The number of hydrogen-bond donors (Lipinski definition) is 0. The van der Waals surface area contributed by atoms with Gasteiger partial charge in [0.25, 0.3) is 0 Å². The first kappa shape index (κ1) is 13.8. The summed E-state index contributed by atoms with van der Waals surface area (Å²) in [5.41, 5.74) is 2.60. The van der Waals surface area contributed by atoms with Crippen molar-refractivity contribution in [3.63, 3.8) is 0 Å². The summed E-state index contributed by atoms with van der Waals surface area (Å²) in [7, 11) is 3.53. The molecule has 0 aromatic heterocycles. The van der Waals surface area contributed by atoms with Crippen molar-refractivity contribution in [1.29, 1.82) is 0 Å². The van der Waals surface area contributed by atoms with Crippen molar-refractivity contribution >= 4 is 0 Å². The summed E-state index contributed by atoms with van der Waals surface area (Å²) in [6.07, 6.45) is 2.77. The molecular weight excluding hydrogens is 310 g/mol. The van der Waals surface area contributed by atoms with Crippen LogP contribution in [-0.4, -0.2) is 56.8 Å². The molecule has 1 aromatic carbocycles. The summed E-state index contributed by atoms with van der Waals surface area (Å²) in [4.78, 5) is 2.59. The SMILES string of the molecule is COc1c2c(cc3c1[C@]14CCN(C3)[C@H]1C[C@H](OC)[C@@H]1O[C@@H]14)OCO2. The number of rotatable bonds is 2. The van der Waals surface area contributed by atoms with Gasteiger partial charge < -0.3 is 23.7 Å². The van der Waals surface area contributed by atoms with Gasteiger partial charge in [-0.1, -0.05) is 0 Å². The van der Waals surface area contributed by atoms with E-state index in [0.29, 0.717) is 6.04 Å². The summed E-state index contributed by atoms with van der Waals surface area (Å²) >= 11 is 0. The van der Waals surface area contributed by atoms with Crippen molar-refractivity contribution in [3.8, 4) is 17.2 Å². The van der Waals surface area contributed by atoms with Gasteiger partial charge in [-0.25, -0.2) is 0 Å². The number of ether oxygens (including phenoxy) is 5. The predicted molar refractivity (Wildman–Crippen MR) is 83.7 cm³/mol. The minimum atomic E-state index is -0.000394. The van der Waals surface area contributed by atoms with Crippen LogP contribution in [0, 0.1) is 0 Å². The number of epoxide rings is 1. The standard InChI is InChI=1S/C18H21NO5/c1-20-10-6-12-18(17-15(10)24-17)3-4-19(12)7-9-5-11-14(23-8-22-11)16(21-2)13(9)18/h5,10,12,15,17H,3-4,6-8H2,1-2H3/t10-,12-,15-,17-,18-/m0/s1. The van der Waals surface area contributed by atoms with Crippen LogP contribution >= 0.6 is 0 Å². The van der Waals surface area contributed by atoms with Gasteiger partial charge in [-0.3, -0.25) is 4.90 Å². The molecule has 0 spiro atoms. The van der Waals surface area contributed by atoms with Crippen LogP contribution in [0.3, 0.4) is 0 Å². The molecule has 2 bridgehead atoms. The average molecular weight is 331 g/mol. The van der Waals surface area contributed by atoms with Crippen molar-refractivity contribution in [3.05, 3.63) is 17.2 Å². The second-order valence-electron chi connectivity index (χ2n) is 7.49. The van der Waals surface area contributed by atoms with Crippen LogP contribution in [0.5, 0.6) is 17.2 Å². The highest BCUT2D eigenvalue weighted by molar-refractivity contribution is 5.65. The second kappa shape index (κ2) is 4.36. The molecule has 1 saturated carbocycles. The Morgan fingerprint density at radius 3 is 3.04 bits per heavy atom. The van der Waals surface area contributed by atoms with E-state index in [1.54, 1.807) is 14.2 Å². The van der Waals surface area contributed by atoms with E-state index in [1.165, 1.54) is 11.1 Å². The zero-order valence-corrected chi connectivity index (χ0v) is 13.9. The monoisotopic (exact) mass is 331 g/mol. The van der Waals surface area contributed by atoms with Gasteiger partial charge in [0.1, 0.15) is 6.10 Å². The fourth-order valence-electron chi connectivity index (χ4n) is 5.81. The second-order valence-corrected chi connectivity index (χ2v) is 7.49. The third-order valence-corrected chi connectivity index (χ3v) is 6.75. The van der Waals surface area contributed by atoms with Crippen LogP contribution in [0.25, 0.3) is 0 Å². The van der Waals surface area contributed by atoms with Crippen LogP contribution in [0.4, 0.5) is 0 Å². The molecule has 1 unspecified atom stereocenters. The molecule has 3 fully saturated rings. The Kier molecular flexibility index (Phi) is 2.50. The molecule has 4 aliphatic heterocycles. The lowest BCUT2D eigenvalue weighted by atomic mass is 9.62. The fraction of sp³-hybridized carbons (Fsp3) is 0.667. The number of fused-ring (bicyclic) bond motifs is 3. The first-order valence-corrected chi connectivity index (χ1v) is 8.70. The smallest absolute Gasteiger partial charge is 0.231 e. The maximum absolute atomic E-state index is 6.17. The van der Waals surface area contributed by atoms with Crippen molar-refractivity contribution in [2.45, 2.75) is 49.2 Å². The first-order chi connectivity index (χ1) is 11.8. The zero-order chi connectivity index (χ0) is 16.1. The summed E-state index contributed by atoms with van der Waals surface area (Å²) in [5.74, 6) is 2.42. The maximum Gasteiger partial charge on any atom is 0.231 e. The number of benzene rings is 1. The first-order valence-electron chi connectivity index (χ1n) is 8.70. The summed E-state index contributed by atoms with van der Waals surface area (Å²) in [5, 5.41) is 0. The van der Waals surface area contributed by atoms with E-state index in [0.717, 1.165) is 43.2 Å². The van der Waals surface area contributed by atoms with Crippen LogP contribution in [0.1, 0.15) is 24.0 Å². The highest BCUT2D eigenvalue weighted by Crippen LogP contribution is 2.64. The normalized spacial score (nSPS) is 43.0. The molecule has 1 aliphatic carbocycles. The molecule has 6 heteroatoms. The molecule has 0 N–H and O–H groups in total. The van der Waals surface area contributed by atoms with E-state index >= 15 is 0 Å². The Balaban J connectivity index is 1.59. The summed E-state index contributed by atoms with van der Waals surface area (Å²) < 4.78 is 29.1. The van der Waals surface area contributed by atoms with Gasteiger partial charge in [0.15, 0.2) is 11.5 Å². The fourth-order valence-corrected chi connectivity index (χ4v) is 5.81. The van der Waals surface area contributed by atoms with Crippen molar-refractivity contribution < 1.29 is 23.7 Å². The zero-order valence-electron chi connectivity index (χ0n) is 13.9. The van der Waals surface area contributed by atoms with E-state index in [1.807, 2.05) is 0 Å². The largest absolute Gasteiger partial charge is 0.492 e. The van der Waals surface area contributed by atoms with E-state index in [2.05, 4.69) is 11.0 Å². The molecule has 2 saturated heterocycles. The van der Waals surface area contributed by atoms with Crippen LogP contribution in [0.15, 0.2) is 6.07 Å². The minimum absolute atomic E-state index is 0.000394. The van der Waals surface area contributed by atoms with Gasteiger partial charge in [0.2, 0.25) is 12.5 Å². The lowest BCUT2D eigenvalue weighted by molar-refractivity contribution is 0.0245. The molecule has 0 amide bonds.